The maximum atomic E-state index is 5.99. The molecule has 1 N–H and O–H groups in total. The average molecular weight is 225 g/mol. The van der Waals surface area contributed by atoms with Crippen LogP contribution in [-0.4, -0.2) is 25.7 Å². The van der Waals surface area contributed by atoms with Crippen molar-refractivity contribution in [3.63, 3.8) is 0 Å². The summed E-state index contributed by atoms with van der Waals surface area (Å²) in [4.78, 5) is 2.38. The highest BCUT2D eigenvalue weighted by atomic mass is 35.5. The summed E-state index contributed by atoms with van der Waals surface area (Å²) >= 11 is 5.99. The first-order chi connectivity index (χ1) is 7.13. The van der Waals surface area contributed by atoms with Gasteiger partial charge in [-0.2, -0.15) is 0 Å². The van der Waals surface area contributed by atoms with E-state index >= 15 is 0 Å². The third-order valence-electron chi connectivity index (χ3n) is 3.25. The number of anilines is 1. The molecular weight excluding hydrogens is 208 g/mol. The summed E-state index contributed by atoms with van der Waals surface area (Å²) in [5.74, 6) is 0. The van der Waals surface area contributed by atoms with Crippen molar-refractivity contribution in [3.8, 4) is 0 Å². The van der Waals surface area contributed by atoms with Gasteiger partial charge in [-0.3, -0.25) is 0 Å². The van der Waals surface area contributed by atoms with E-state index in [1.165, 1.54) is 12.1 Å². The van der Waals surface area contributed by atoms with Gasteiger partial charge >= 0.3 is 0 Å². The molecule has 1 aromatic carbocycles. The molecule has 0 bridgehead atoms. The Kier molecular flexibility index (Phi) is 2.89. The monoisotopic (exact) mass is 224 g/mol. The van der Waals surface area contributed by atoms with Gasteiger partial charge in [0.05, 0.1) is 0 Å². The lowest BCUT2D eigenvalue weighted by molar-refractivity contribution is 0.428. The highest BCUT2D eigenvalue weighted by Gasteiger charge is 2.32. The number of hydrogen-bond acceptors (Lipinski definition) is 2. The van der Waals surface area contributed by atoms with Crippen molar-refractivity contribution < 1.29 is 0 Å². The summed E-state index contributed by atoms with van der Waals surface area (Å²) in [7, 11) is 2.03. The van der Waals surface area contributed by atoms with Gasteiger partial charge in [0, 0.05) is 29.3 Å². The maximum absolute atomic E-state index is 5.99. The van der Waals surface area contributed by atoms with Gasteiger partial charge < -0.3 is 10.2 Å². The molecule has 1 saturated heterocycles. The molecule has 0 aromatic heterocycles. The first-order valence-corrected chi connectivity index (χ1v) is 5.70. The Hall–Kier alpha value is -0.730. The van der Waals surface area contributed by atoms with Crippen molar-refractivity contribution in [1.29, 1.82) is 0 Å². The van der Waals surface area contributed by atoms with E-state index in [9.17, 15) is 0 Å². The van der Waals surface area contributed by atoms with Crippen LogP contribution >= 0.6 is 11.6 Å². The normalized spacial score (nSPS) is 25.9. The topological polar surface area (TPSA) is 15.3 Å². The molecule has 1 atom stereocenters. The van der Waals surface area contributed by atoms with Gasteiger partial charge in [0.1, 0.15) is 0 Å². The highest BCUT2D eigenvalue weighted by molar-refractivity contribution is 6.30. The molecule has 15 heavy (non-hydrogen) atoms. The molecule has 1 aromatic rings. The van der Waals surface area contributed by atoms with Crippen LogP contribution in [0.15, 0.2) is 24.3 Å². The van der Waals surface area contributed by atoms with Gasteiger partial charge in [0.15, 0.2) is 0 Å². The predicted octanol–water partition coefficient (Wildman–Crippen LogP) is 2.53. The molecule has 2 nitrogen and oxygen atoms in total. The molecule has 82 valence electrons. The Labute approximate surface area is 96.2 Å². The van der Waals surface area contributed by atoms with Crippen LogP contribution in [0.2, 0.25) is 5.02 Å². The zero-order chi connectivity index (χ0) is 10.9. The van der Waals surface area contributed by atoms with Crippen molar-refractivity contribution in [3.05, 3.63) is 29.3 Å². The van der Waals surface area contributed by atoms with Crippen molar-refractivity contribution in [2.24, 2.45) is 0 Å². The van der Waals surface area contributed by atoms with Crippen LogP contribution in [-0.2, 0) is 0 Å². The molecule has 1 aliphatic heterocycles. The minimum atomic E-state index is 0.238. The van der Waals surface area contributed by atoms with Crippen LogP contribution in [0.1, 0.15) is 13.3 Å². The van der Waals surface area contributed by atoms with Crippen molar-refractivity contribution >= 4 is 17.3 Å². The van der Waals surface area contributed by atoms with E-state index in [1.807, 2.05) is 25.2 Å². The molecule has 0 amide bonds. The fraction of sp³-hybridized carbons (Fsp3) is 0.500. The molecule has 1 heterocycles. The average Bonchev–Trinajstić information content (AvgIpc) is 2.62. The van der Waals surface area contributed by atoms with Gasteiger partial charge in [-0.15, -0.1) is 0 Å². The van der Waals surface area contributed by atoms with Crippen LogP contribution in [0.5, 0.6) is 0 Å². The summed E-state index contributed by atoms with van der Waals surface area (Å²) < 4.78 is 0. The first-order valence-electron chi connectivity index (χ1n) is 5.32. The quantitative estimate of drug-likeness (QED) is 0.831. The number of halogens is 1. The summed E-state index contributed by atoms with van der Waals surface area (Å²) in [6.07, 6.45) is 1.18. The number of benzene rings is 1. The van der Waals surface area contributed by atoms with Crippen molar-refractivity contribution in [2.75, 3.05) is 25.0 Å². The van der Waals surface area contributed by atoms with E-state index < -0.39 is 0 Å². The second-order valence-electron chi connectivity index (χ2n) is 4.46. The zero-order valence-corrected chi connectivity index (χ0v) is 10.0. The van der Waals surface area contributed by atoms with E-state index in [-0.39, 0.29) is 5.54 Å². The predicted molar refractivity (Wildman–Crippen MR) is 65.7 cm³/mol. The number of rotatable bonds is 2. The zero-order valence-electron chi connectivity index (χ0n) is 9.26. The van der Waals surface area contributed by atoms with Crippen LogP contribution in [0.25, 0.3) is 0 Å². The Balaban J connectivity index is 2.14. The fourth-order valence-corrected chi connectivity index (χ4v) is 2.24. The van der Waals surface area contributed by atoms with Gasteiger partial charge in [-0.05, 0) is 38.6 Å². The van der Waals surface area contributed by atoms with Crippen LogP contribution in [0.4, 0.5) is 5.69 Å². The van der Waals surface area contributed by atoms with Crippen LogP contribution in [0.3, 0.4) is 0 Å². The molecular formula is C12H17ClN2. The smallest absolute Gasteiger partial charge is 0.0426 e. The number of likely N-dealkylation sites (N-methyl/N-ethyl adjacent to an activating group) is 1. The van der Waals surface area contributed by atoms with Gasteiger partial charge in [-0.25, -0.2) is 0 Å². The van der Waals surface area contributed by atoms with E-state index in [2.05, 4.69) is 23.2 Å². The minimum absolute atomic E-state index is 0.238. The molecule has 1 fully saturated rings. The van der Waals surface area contributed by atoms with E-state index in [4.69, 9.17) is 11.6 Å². The van der Waals surface area contributed by atoms with Crippen LogP contribution < -0.4 is 10.2 Å². The van der Waals surface area contributed by atoms with Crippen LogP contribution in [0, 0.1) is 0 Å². The van der Waals surface area contributed by atoms with Gasteiger partial charge in [0.2, 0.25) is 0 Å². The van der Waals surface area contributed by atoms with E-state index in [1.54, 1.807) is 0 Å². The van der Waals surface area contributed by atoms with Crippen molar-refractivity contribution in [1.82, 2.24) is 5.32 Å². The van der Waals surface area contributed by atoms with E-state index in [0.717, 1.165) is 18.1 Å². The minimum Gasteiger partial charge on any atom is -0.370 e. The largest absolute Gasteiger partial charge is 0.370 e. The number of nitrogens with zero attached hydrogens (tertiary/aromatic N) is 1. The summed E-state index contributed by atoms with van der Waals surface area (Å²) in [5, 5.41) is 4.19. The maximum Gasteiger partial charge on any atom is 0.0426 e. The molecule has 1 unspecified atom stereocenters. The third-order valence-corrected chi connectivity index (χ3v) is 3.49. The second-order valence-corrected chi connectivity index (χ2v) is 4.90. The molecule has 2 rings (SSSR count). The standard InChI is InChI=1S/C12H17ClN2/c1-12(14-2)6-7-15(9-12)11-5-3-4-10(13)8-11/h3-5,8,14H,6-7,9H2,1-2H3. The molecule has 3 heteroatoms. The molecule has 0 saturated carbocycles. The van der Waals surface area contributed by atoms with Gasteiger partial charge in [0.25, 0.3) is 0 Å². The molecule has 0 aliphatic carbocycles. The van der Waals surface area contributed by atoms with Gasteiger partial charge in [-0.1, -0.05) is 17.7 Å². The lowest BCUT2D eigenvalue weighted by Gasteiger charge is -2.25. The first kappa shape index (κ1) is 10.8. The number of hydrogen-bond donors (Lipinski definition) is 1. The lowest BCUT2D eigenvalue weighted by atomic mass is 10.0. The molecule has 1 aliphatic rings. The molecule has 0 spiro atoms. The Morgan fingerprint density at radius 3 is 2.87 bits per heavy atom. The number of nitrogens with one attached hydrogen (secondary N) is 1. The highest BCUT2D eigenvalue weighted by Crippen LogP contribution is 2.27. The summed E-state index contributed by atoms with van der Waals surface area (Å²) in [6.45, 7) is 4.40. The SMILES string of the molecule is CNC1(C)CCN(c2cccc(Cl)c2)C1. The molecule has 0 radical (unpaired) electrons. The Morgan fingerprint density at radius 1 is 1.47 bits per heavy atom. The second kappa shape index (κ2) is 4.03. The Morgan fingerprint density at radius 2 is 2.27 bits per heavy atom. The summed E-state index contributed by atoms with van der Waals surface area (Å²) in [5.41, 5.74) is 1.46. The third kappa shape index (κ3) is 2.27. The summed E-state index contributed by atoms with van der Waals surface area (Å²) in [6, 6.07) is 8.07. The lowest BCUT2D eigenvalue weighted by Crippen LogP contribution is -2.42. The Bertz CT molecular complexity index is 353. The van der Waals surface area contributed by atoms with Crippen molar-refractivity contribution in [2.45, 2.75) is 18.9 Å². The van der Waals surface area contributed by atoms with E-state index in [0.29, 0.717) is 0 Å². The fourth-order valence-electron chi connectivity index (χ4n) is 2.06.